The second kappa shape index (κ2) is 10.1. The first-order valence-corrected chi connectivity index (χ1v) is 12.0. The van der Waals surface area contributed by atoms with E-state index in [-0.39, 0.29) is 0 Å². The molecule has 35 heavy (non-hydrogen) atoms. The number of benzene rings is 3. The number of allylic oxidation sites excluding steroid dienone is 3. The molecule has 178 valence electrons. The first-order chi connectivity index (χ1) is 16.7. The number of aromatic nitrogens is 3. The first-order valence-electron chi connectivity index (χ1n) is 12.0. The van der Waals surface area contributed by atoms with E-state index in [4.69, 9.17) is 10.2 Å². The third-order valence-corrected chi connectivity index (χ3v) is 6.26. The fraction of sp³-hybridized carbons (Fsp3) is 0.226. The van der Waals surface area contributed by atoms with Crippen LogP contribution in [0.5, 0.6) is 0 Å². The van der Waals surface area contributed by atoms with E-state index in [1.165, 1.54) is 33.5 Å². The number of anilines is 1. The van der Waals surface area contributed by atoms with Crippen molar-refractivity contribution in [1.82, 2.24) is 15.0 Å². The van der Waals surface area contributed by atoms with Gasteiger partial charge in [0.05, 0.1) is 5.69 Å². The molecule has 4 heteroatoms. The van der Waals surface area contributed by atoms with Crippen LogP contribution in [-0.2, 0) is 6.54 Å². The van der Waals surface area contributed by atoms with Crippen molar-refractivity contribution < 1.29 is 0 Å². The monoisotopic (exact) mass is 462 g/mol. The molecule has 0 saturated heterocycles. The molecule has 0 saturated carbocycles. The van der Waals surface area contributed by atoms with Crippen LogP contribution in [0.2, 0.25) is 0 Å². The van der Waals surface area contributed by atoms with Crippen LogP contribution in [0.3, 0.4) is 0 Å². The van der Waals surface area contributed by atoms with E-state index >= 15 is 0 Å². The lowest BCUT2D eigenvalue weighted by Crippen LogP contribution is -2.18. The van der Waals surface area contributed by atoms with Gasteiger partial charge in [0.1, 0.15) is 11.0 Å². The molecule has 0 radical (unpaired) electrons. The molecule has 4 rings (SSSR count). The molecule has 0 spiro atoms. The maximum atomic E-state index is 4.70. The first kappa shape index (κ1) is 24.2. The summed E-state index contributed by atoms with van der Waals surface area (Å²) >= 11 is 0. The lowest BCUT2D eigenvalue weighted by Gasteiger charge is -2.22. The third kappa shape index (κ3) is 5.60. The van der Waals surface area contributed by atoms with Crippen LogP contribution in [0.15, 0.2) is 90.5 Å². The van der Waals surface area contributed by atoms with E-state index in [2.05, 4.69) is 95.3 Å². The number of hydrogen-bond donors (Lipinski definition) is 0. The van der Waals surface area contributed by atoms with Gasteiger partial charge < -0.3 is 4.90 Å². The third-order valence-electron chi connectivity index (χ3n) is 6.26. The van der Waals surface area contributed by atoms with Gasteiger partial charge in [-0.3, -0.25) is 0 Å². The second-order valence-electron chi connectivity index (χ2n) is 9.58. The summed E-state index contributed by atoms with van der Waals surface area (Å²) in [7, 11) is 2.13. The highest BCUT2D eigenvalue weighted by Crippen LogP contribution is 2.25. The summed E-state index contributed by atoms with van der Waals surface area (Å²) in [6, 6.07) is 21.1. The molecule has 0 N–H and O–H groups in total. The minimum Gasteiger partial charge on any atom is -0.370 e. The Morgan fingerprint density at radius 1 is 0.943 bits per heavy atom. The number of nitrogens with zero attached hydrogens (tertiary/aromatic N) is 4. The molecule has 1 heterocycles. The smallest absolute Gasteiger partial charge is 0.113 e. The SMILES string of the molecule is C=C(C)C/C(=C\c1ccc(N(C)Cc2cc(C)cc(-n3nc4ccccc4n3)c2C)cc1)C(=C)C. The van der Waals surface area contributed by atoms with Crippen molar-refractivity contribution in [1.29, 1.82) is 0 Å². The Balaban J connectivity index is 1.57. The molecule has 0 amide bonds. The molecule has 0 atom stereocenters. The van der Waals surface area contributed by atoms with Crippen molar-refractivity contribution in [2.24, 2.45) is 0 Å². The Labute approximate surface area is 208 Å². The van der Waals surface area contributed by atoms with Gasteiger partial charge in [0.25, 0.3) is 0 Å². The predicted molar refractivity (Wildman–Crippen MR) is 149 cm³/mol. The highest BCUT2D eigenvalue weighted by Gasteiger charge is 2.13. The zero-order valence-corrected chi connectivity index (χ0v) is 21.5. The minimum absolute atomic E-state index is 0.795. The summed E-state index contributed by atoms with van der Waals surface area (Å²) in [5.41, 5.74) is 12.3. The molecule has 0 aliphatic carbocycles. The molecule has 0 aliphatic rings. The Morgan fingerprint density at radius 2 is 1.57 bits per heavy atom. The standard InChI is InChI=1S/C31H34N4/c1-21(2)16-26(22(3)4)19-25-12-14-28(15-13-25)34(7)20-27-17-23(5)18-31(24(27)6)35-32-29-10-8-9-11-30(29)33-35/h8-15,17-19H,1,3,16,20H2,2,4-7H3/b26-19+. The maximum Gasteiger partial charge on any atom is 0.113 e. The van der Waals surface area contributed by atoms with E-state index in [0.29, 0.717) is 0 Å². The molecule has 0 fully saturated rings. The zero-order chi connectivity index (χ0) is 25.1. The van der Waals surface area contributed by atoms with E-state index in [1.807, 2.05) is 24.3 Å². The average Bonchev–Trinajstić information content (AvgIpc) is 3.25. The number of fused-ring (bicyclic) bond motifs is 1. The van der Waals surface area contributed by atoms with Crippen LogP contribution in [-0.4, -0.2) is 22.0 Å². The number of rotatable bonds is 8. The Morgan fingerprint density at radius 3 is 2.14 bits per heavy atom. The van der Waals surface area contributed by atoms with Crippen LogP contribution in [0, 0.1) is 13.8 Å². The second-order valence-corrected chi connectivity index (χ2v) is 9.58. The van der Waals surface area contributed by atoms with Crippen LogP contribution >= 0.6 is 0 Å². The average molecular weight is 463 g/mol. The lowest BCUT2D eigenvalue weighted by molar-refractivity contribution is 0.755. The van der Waals surface area contributed by atoms with E-state index in [1.54, 1.807) is 4.80 Å². The fourth-order valence-electron chi connectivity index (χ4n) is 4.28. The van der Waals surface area contributed by atoms with Gasteiger partial charge in [0.15, 0.2) is 0 Å². The zero-order valence-electron chi connectivity index (χ0n) is 21.5. The molecule has 3 aromatic carbocycles. The van der Waals surface area contributed by atoms with Crippen LogP contribution in [0.4, 0.5) is 5.69 Å². The van der Waals surface area contributed by atoms with Crippen molar-refractivity contribution in [2.75, 3.05) is 11.9 Å². The van der Waals surface area contributed by atoms with E-state index < -0.39 is 0 Å². The molecule has 4 nitrogen and oxygen atoms in total. The van der Waals surface area contributed by atoms with Crippen LogP contribution in [0.25, 0.3) is 22.8 Å². The van der Waals surface area contributed by atoms with Gasteiger partial charge in [-0.2, -0.15) is 4.80 Å². The Kier molecular flexibility index (Phi) is 7.02. The highest BCUT2D eigenvalue weighted by atomic mass is 15.5. The largest absolute Gasteiger partial charge is 0.370 e. The van der Waals surface area contributed by atoms with E-state index in [0.717, 1.165) is 40.8 Å². The van der Waals surface area contributed by atoms with Crippen molar-refractivity contribution in [3.8, 4) is 5.69 Å². The van der Waals surface area contributed by atoms with Gasteiger partial charge in [-0.25, -0.2) is 0 Å². The summed E-state index contributed by atoms with van der Waals surface area (Å²) in [4.78, 5) is 4.04. The molecular weight excluding hydrogens is 428 g/mol. The van der Waals surface area contributed by atoms with Gasteiger partial charge in [0.2, 0.25) is 0 Å². The molecule has 0 bridgehead atoms. The van der Waals surface area contributed by atoms with Gasteiger partial charge in [0, 0.05) is 19.3 Å². The van der Waals surface area contributed by atoms with Crippen LogP contribution in [0.1, 0.15) is 42.5 Å². The van der Waals surface area contributed by atoms with Crippen molar-refractivity contribution in [2.45, 2.75) is 40.7 Å². The Hall–Kier alpha value is -3.92. The van der Waals surface area contributed by atoms with Gasteiger partial charge in [-0.15, -0.1) is 10.2 Å². The van der Waals surface area contributed by atoms with Crippen molar-refractivity contribution >= 4 is 22.8 Å². The normalized spacial score (nSPS) is 11.6. The predicted octanol–water partition coefficient (Wildman–Crippen LogP) is 7.60. The lowest BCUT2D eigenvalue weighted by atomic mass is 9.99. The van der Waals surface area contributed by atoms with Gasteiger partial charge in [-0.1, -0.05) is 60.7 Å². The summed E-state index contributed by atoms with van der Waals surface area (Å²) in [5.74, 6) is 0. The summed E-state index contributed by atoms with van der Waals surface area (Å²) in [5, 5.41) is 9.40. The highest BCUT2D eigenvalue weighted by molar-refractivity contribution is 5.73. The minimum atomic E-state index is 0.795. The van der Waals surface area contributed by atoms with E-state index in [9.17, 15) is 0 Å². The number of hydrogen-bond acceptors (Lipinski definition) is 3. The summed E-state index contributed by atoms with van der Waals surface area (Å²) in [6.07, 6.45) is 3.06. The molecule has 0 unspecified atom stereocenters. The summed E-state index contributed by atoms with van der Waals surface area (Å²) in [6.45, 7) is 17.4. The van der Waals surface area contributed by atoms with Gasteiger partial charge in [-0.05, 0) is 92.3 Å². The molecule has 0 aliphatic heterocycles. The van der Waals surface area contributed by atoms with Crippen LogP contribution < -0.4 is 4.90 Å². The summed E-state index contributed by atoms with van der Waals surface area (Å²) < 4.78 is 0. The number of aryl methyl sites for hydroxylation is 1. The van der Waals surface area contributed by atoms with Crippen molar-refractivity contribution in [3.05, 3.63) is 113 Å². The van der Waals surface area contributed by atoms with Crippen molar-refractivity contribution in [3.63, 3.8) is 0 Å². The molecule has 1 aromatic heterocycles. The van der Waals surface area contributed by atoms with Gasteiger partial charge >= 0.3 is 0 Å². The topological polar surface area (TPSA) is 34.0 Å². The molecule has 4 aromatic rings. The maximum absolute atomic E-state index is 4.70. The quantitative estimate of drug-likeness (QED) is 0.200. The fourth-order valence-corrected chi connectivity index (χ4v) is 4.28. The molecular formula is C31H34N4. The Bertz CT molecular complexity index is 1390.